The number of carbonyl (C=O) groups excluding carboxylic acids is 2. The van der Waals surface area contributed by atoms with Crippen molar-refractivity contribution < 1.29 is 24.2 Å². The van der Waals surface area contributed by atoms with Crippen molar-refractivity contribution >= 4 is 46.3 Å². The highest BCUT2D eigenvalue weighted by Gasteiger charge is 2.27. The number of anilines is 1. The molecule has 2 aromatic rings. The van der Waals surface area contributed by atoms with Crippen molar-refractivity contribution in [2.45, 2.75) is 26.4 Å². The molecule has 29 heavy (non-hydrogen) atoms. The molecule has 0 bridgehead atoms. The number of amides is 1. The first-order valence-corrected chi connectivity index (χ1v) is 10.5. The summed E-state index contributed by atoms with van der Waals surface area (Å²) in [5.41, 5.74) is 2.14. The van der Waals surface area contributed by atoms with Gasteiger partial charge in [-0.05, 0) is 43.7 Å². The summed E-state index contributed by atoms with van der Waals surface area (Å²) >= 11 is 7.25. The number of phenolic OH excluding ortho intramolecular Hbond substituents is 1. The summed E-state index contributed by atoms with van der Waals surface area (Å²) in [6.07, 6.45) is -0.946. The highest BCUT2D eigenvalue weighted by Crippen LogP contribution is 2.36. The lowest BCUT2D eigenvalue weighted by Gasteiger charge is -2.25. The van der Waals surface area contributed by atoms with E-state index in [1.54, 1.807) is 24.3 Å². The number of hydrogen-bond donors (Lipinski definition) is 3. The average molecular weight is 482 g/mol. The molecule has 0 heterocycles. The number of aryl methyl sites for hydroxylation is 1. The second kappa shape index (κ2) is 11.1. The molecule has 6 nitrogen and oxygen atoms in total. The lowest BCUT2D eigenvalue weighted by molar-refractivity contribution is -0.141. The Balaban J connectivity index is 2.14. The topological polar surface area (TPSA) is 84.9 Å². The van der Waals surface area contributed by atoms with E-state index in [0.717, 1.165) is 10.0 Å². The lowest BCUT2D eigenvalue weighted by atomic mass is 9.94. The van der Waals surface area contributed by atoms with Gasteiger partial charge in [-0.3, -0.25) is 10.1 Å². The van der Waals surface area contributed by atoms with E-state index in [-0.39, 0.29) is 24.0 Å². The Labute approximate surface area is 184 Å². The minimum Gasteiger partial charge on any atom is -0.508 e. The molecule has 0 saturated heterocycles. The number of esters is 1. The van der Waals surface area contributed by atoms with Crippen LogP contribution < -0.4 is 5.32 Å². The summed E-state index contributed by atoms with van der Waals surface area (Å²) < 4.78 is 11.5. The Morgan fingerprint density at radius 3 is 2.55 bits per heavy atom. The van der Waals surface area contributed by atoms with E-state index in [1.165, 1.54) is 6.07 Å². The van der Waals surface area contributed by atoms with Crippen molar-refractivity contribution in [2.24, 2.45) is 5.92 Å². The van der Waals surface area contributed by atoms with Crippen LogP contribution in [0.25, 0.3) is 0 Å². The fraction of sp³-hybridized carbons (Fsp3) is 0.333. The molecular formula is C21H24BrNO5S. The molecular weight excluding hydrogens is 458 g/mol. The molecule has 2 aromatic carbocycles. The van der Waals surface area contributed by atoms with Crippen molar-refractivity contribution in [1.29, 1.82) is 0 Å². The lowest BCUT2D eigenvalue weighted by Crippen LogP contribution is -2.23. The monoisotopic (exact) mass is 481 g/mol. The van der Waals surface area contributed by atoms with Crippen LogP contribution in [0.2, 0.25) is 0 Å². The number of hydrogen-bond acceptors (Lipinski definition) is 6. The molecule has 1 amide bonds. The first-order valence-electron chi connectivity index (χ1n) is 9.09. The second-order valence-corrected chi connectivity index (χ2v) is 7.90. The predicted octanol–water partition coefficient (Wildman–Crippen LogP) is 5.25. The summed E-state index contributed by atoms with van der Waals surface area (Å²) in [6, 6.07) is 12.3. The van der Waals surface area contributed by atoms with Crippen LogP contribution in [0.5, 0.6) is 5.75 Å². The number of ether oxygens (including phenoxy) is 2. The fourth-order valence-corrected chi connectivity index (χ4v) is 3.16. The highest BCUT2D eigenvalue weighted by atomic mass is 79.9. The number of carbonyl (C=O) groups is 2. The van der Waals surface area contributed by atoms with Crippen LogP contribution in [-0.4, -0.2) is 29.5 Å². The van der Waals surface area contributed by atoms with E-state index >= 15 is 0 Å². The Kier molecular flexibility index (Phi) is 8.85. The summed E-state index contributed by atoms with van der Waals surface area (Å²) in [6.45, 7) is 3.98. The van der Waals surface area contributed by atoms with Crippen LogP contribution in [0.4, 0.5) is 10.5 Å². The number of aromatic hydroxyl groups is 1. The molecule has 0 aliphatic rings. The summed E-state index contributed by atoms with van der Waals surface area (Å²) in [5, 5.41) is 13.0. The minimum atomic E-state index is -0.743. The molecule has 0 spiro atoms. The van der Waals surface area contributed by atoms with Gasteiger partial charge < -0.3 is 14.6 Å². The molecule has 8 heteroatoms. The summed E-state index contributed by atoms with van der Waals surface area (Å²) in [7, 11) is 0. The molecule has 0 unspecified atom stereocenters. The SMILES string of the molecule is Cc1ccc(NC(=O)O[C@@H](c2cc(Br)ccc2O)[C@@H](C)CCOC(=O)CS)cc1. The van der Waals surface area contributed by atoms with E-state index in [9.17, 15) is 14.7 Å². The van der Waals surface area contributed by atoms with Crippen LogP contribution >= 0.6 is 28.6 Å². The Morgan fingerprint density at radius 1 is 1.21 bits per heavy atom. The molecule has 0 aliphatic heterocycles. The number of benzene rings is 2. The van der Waals surface area contributed by atoms with Gasteiger partial charge in [0.15, 0.2) is 0 Å². The molecule has 156 valence electrons. The molecule has 2 atom stereocenters. The van der Waals surface area contributed by atoms with Gasteiger partial charge in [-0.25, -0.2) is 4.79 Å². The van der Waals surface area contributed by atoms with Gasteiger partial charge in [-0.2, -0.15) is 12.6 Å². The zero-order valence-electron chi connectivity index (χ0n) is 16.2. The zero-order chi connectivity index (χ0) is 21.4. The number of nitrogens with one attached hydrogen (secondary N) is 1. The van der Waals surface area contributed by atoms with Crippen molar-refractivity contribution in [3.05, 3.63) is 58.1 Å². The van der Waals surface area contributed by atoms with Gasteiger partial charge in [-0.15, -0.1) is 0 Å². The van der Waals surface area contributed by atoms with Gasteiger partial charge in [0.1, 0.15) is 11.9 Å². The van der Waals surface area contributed by atoms with Gasteiger partial charge in [0.05, 0.1) is 12.4 Å². The van der Waals surface area contributed by atoms with Crippen LogP contribution in [0, 0.1) is 12.8 Å². The average Bonchev–Trinajstić information content (AvgIpc) is 2.69. The predicted molar refractivity (Wildman–Crippen MR) is 118 cm³/mol. The van der Waals surface area contributed by atoms with E-state index in [2.05, 4.69) is 33.9 Å². The van der Waals surface area contributed by atoms with E-state index in [1.807, 2.05) is 26.0 Å². The quantitative estimate of drug-likeness (QED) is 0.354. The number of rotatable bonds is 8. The molecule has 2 N–H and O–H groups in total. The van der Waals surface area contributed by atoms with E-state index < -0.39 is 18.2 Å². The van der Waals surface area contributed by atoms with Crippen LogP contribution in [0.1, 0.15) is 30.6 Å². The largest absolute Gasteiger partial charge is 0.508 e. The van der Waals surface area contributed by atoms with Gasteiger partial charge >= 0.3 is 12.1 Å². The molecule has 0 aliphatic carbocycles. The maximum Gasteiger partial charge on any atom is 0.412 e. The van der Waals surface area contributed by atoms with Gasteiger partial charge in [-0.1, -0.05) is 40.5 Å². The van der Waals surface area contributed by atoms with Crippen molar-refractivity contribution in [3.8, 4) is 5.75 Å². The van der Waals surface area contributed by atoms with Gasteiger partial charge in [0.2, 0.25) is 0 Å². The van der Waals surface area contributed by atoms with Crippen molar-refractivity contribution in [3.63, 3.8) is 0 Å². The Bertz CT molecular complexity index is 843. The Hall–Kier alpha value is -2.19. The molecule has 0 fully saturated rings. The fourth-order valence-electron chi connectivity index (χ4n) is 2.69. The molecule has 0 aromatic heterocycles. The maximum atomic E-state index is 12.5. The first kappa shape index (κ1) is 23.1. The molecule has 0 radical (unpaired) electrons. The highest BCUT2D eigenvalue weighted by molar-refractivity contribution is 9.10. The molecule has 2 rings (SSSR count). The van der Waals surface area contributed by atoms with Crippen LogP contribution in [0.15, 0.2) is 46.9 Å². The van der Waals surface area contributed by atoms with E-state index in [4.69, 9.17) is 9.47 Å². The van der Waals surface area contributed by atoms with Crippen molar-refractivity contribution in [2.75, 3.05) is 17.7 Å². The van der Waals surface area contributed by atoms with E-state index in [0.29, 0.717) is 17.7 Å². The smallest absolute Gasteiger partial charge is 0.412 e. The third-order valence-electron chi connectivity index (χ3n) is 4.31. The van der Waals surface area contributed by atoms with Crippen LogP contribution in [0.3, 0.4) is 0 Å². The Morgan fingerprint density at radius 2 is 1.90 bits per heavy atom. The van der Waals surface area contributed by atoms with Crippen LogP contribution in [-0.2, 0) is 14.3 Å². The van der Waals surface area contributed by atoms with Gasteiger partial charge in [0, 0.05) is 21.6 Å². The van der Waals surface area contributed by atoms with Gasteiger partial charge in [0.25, 0.3) is 0 Å². The normalized spacial score (nSPS) is 12.7. The first-order chi connectivity index (χ1) is 13.8. The number of thiol groups is 1. The number of phenols is 1. The maximum absolute atomic E-state index is 12.5. The van der Waals surface area contributed by atoms with Crippen molar-refractivity contribution in [1.82, 2.24) is 0 Å². The summed E-state index contributed by atoms with van der Waals surface area (Å²) in [4.78, 5) is 23.8. The second-order valence-electron chi connectivity index (χ2n) is 6.66. The molecule has 0 saturated carbocycles. The third-order valence-corrected chi connectivity index (χ3v) is 5.06. The number of halogens is 1. The zero-order valence-corrected chi connectivity index (χ0v) is 18.7. The summed E-state index contributed by atoms with van der Waals surface area (Å²) in [5.74, 6) is -0.632. The minimum absolute atomic E-state index is 0.000312. The standard InChI is InChI=1S/C21H24BrNO5S/c1-13-3-6-16(7-4-13)23-21(26)28-20(14(2)9-10-27-19(25)12-29)17-11-15(22)5-8-18(17)24/h3-8,11,14,20,24,29H,9-10,12H2,1-2H3,(H,23,26)/t14-,20+/m0/s1. The third kappa shape index (κ3) is 7.29.